The van der Waals surface area contributed by atoms with Crippen molar-refractivity contribution in [1.82, 2.24) is 25.5 Å². The van der Waals surface area contributed by atoms with Crippen LogP contribution in [0.1, 0.15) is 54.3 Å². The highest BCUT2D eigenvalue weighted by atomic mass is 32.1. The van der Waals surface area contributed by atoms with Crippen molar-refractivity contribution in [3.63, 3.8) is 0 Å². The molecular formula is C35H33N7O8S. The fourth-order valence-electron chi connectivity index (χ4n) is 5.49. The number of rotatable bonds is 15. The Labute approximate surface area is 295 Å². The zero-order valence-electron chi connectivity index (χ0n) is 27.2. The molecule has 16 heteroatoms. The van der Waals surface area contributed by atoms with Crippen LogP contribution < -0.4 is 21.3 Å². The first-order valence-corrected chi connectivity index (χ1v) is 17.0. The number of nitrogens with zero attached hydrogens (tertiary/aromatic N) is 3. The molecule has 0 aliphatic carbocycles. The van der Waals surface area contributed by atoms with Crippen molar-refractivity contribution in [3.05, 3.63) is 94.5 Å². The minimum Gasteiger partial charge on any atom is -0.382 e. The summed E-state index contributed by atoms with van der Waals surface area (Å²) in [6, 6.07) is 15.6. The van der Waals surface area contributed by atoms with Gasteiger partial charge in [0.15, 0.2) is 5.13 Å². The van der Waals surface area contributed by atoms with Gasteiger partial charge in [-0.25, -0.2) is 4.98 Å². The number of hydrogen-bond acceptors (Lipinski definition) is 12. The van der Waals surface area contributed by atoms with Gasteiger partial charge in [0.2, 0.25) is 11.8 Å². The SMILES string of the molecule is O=C1CCC(N2C(=O)c3cccc(NCCOCCOCCNC(=O)c4ccc(C(=O)Nc5nc(-c6ccccn6)cs5)cc4)c3C2=O)C(=O)N1. The molecule has 0 spiro atoms. The maximum absolute atomic E-state index is 13.2. The van der Waals surface area contributed by atoms with Gasteiger partial charge in [-0.05, 0) is 55.0 Å². The van der Waals surface area contributed by atoms with Gasteiger partial charge < -0.3 is 20.1 Å². The molecular weight excluding hydrogens is 678 g/mol. The Morgan fingerprint density at radius 3 is 2.31 bits per heavy atom. The molecule has 262 valence electrons. The van der Waals surface area contributed by atoms with E-state index >= 15 is 0 Å². The molecule has 6 rings (SSSR count). The standard InChI is InChI=1S/C35H33N7O8S/c43-28-12-11-27(32(46)40-28)42-33(47)23-4-3-6-25(29(23)34(42)48)37-14-16-49-18-19-50-17-15-38-30(44)21-7-9-22(10-8-21)31(45)41-35-39-26(20-51-35)24-5-1-2-13-36-24/h1-10,13,20,27,37H,11-12,14-19H2,(H,38,44)(H,39,41,45)(H,40,43,46). The summed E-state index contributed by atoms with van der Waals surface area (Å²) in [5.74, 6) is -2.90. The van der Waals surface area contributed by atoms with Gasteiger partial charge in [0, 0.05) is 47.9 Å². The summed E-state index contributed by atoms with van der Waals surface area (Å²) >= 11 is 1.29. The maximum Gasteiger partial charge on any atom is 0.264 e. The van der Waals surface area contributed by atoms with Gasteiger partial charge in [-0.15, -0.1) is 11.3 Å². The summed E-state index contributed by atoms with van der Waals surface area (Å²) in [7, 11) is 0. The van der Waals surface area contributed by atoms with Gasteiger partial charge in [0.05, 0.1) is 43.2 Å². The Bertz CT molecular complexity index is 1950. The number of benzene rings is 2. The number of aromatic nitrogens is 2. The summed E-state index contributed by atoms with van der Waals surface area (Å²) in [6.45, 7) is 1.73. The Kier molecular flexibility index (Phi) is 11.1. The molecule has 1 fully saturated rings. The second kappa shape index (κ2) is 16.2. The first-order chi connectivity index (χ1) is 24.8. The molecule has 51 heavy (non-hydrogen) atoms. The molecule has 4 N–H and O–H groups in total. The average molecular weight is 712 g/mol. The van der Waals surface area contributed by atoms with E-state index in [1.165, 1.54) is 17.4 Å². The summed E-state index contributed by atoms with van der Waals surface area (Å²) in [4.78, 5) is 84.8. The molecule has 1 unspecified atom stereocenters. The van der Waals surface area contributed by atoms with Crippen LogP contribution >= 0.6 is 11.3 Å². The third-order valence-corrected chi connectivity index (χ3v) is 8.75. The molecule has 4 aromatic rings. The van der Waals surface area contributed by atoms with Crippen LogP contribution in [0, 0.1) is 0 Å². The molecule has 4 heterocycles. The predicted molar refractivity (Wildman–Crippen MR) is 185 cm³/mol. The van der Waals surface area contributed by atoms with Gasteiger partial charge in [0.25, 0.3) is 23.6 Å². The van der Waals surface area contributed by atoms with Crippen LogP contribution in [-0.2, 0) is 19.1 Å². The molecule has 2 aliphatic rings. The highest BCUT2D eigenvalue weighted by Crippen LogP contribution is 2.32. The van der Waals surface area contributed by atoms with Crippen molar-refractivity contribution < 1.29 is 38.2 Å². The van der Waals surface area contributed by atoms with Crippen molar-refractivity contribution in [2.24, 2.45) is 0 Å². The second-order valence-electron chi connectivity index (χ2n) is 11.4. The van der Waals surface area contributed by atoms with E-state index in [2.05, 4.69) is 31.2 Å². The van der Waals surface area contributed by atoms with Crippen LogP contribution in [0.5, 0.6) is 0 Å². The average Bonchev–Trinajstić information content (AvgIpc) is 3.71. The van der Waals surface area contributed by atoms with Crippen molar-refractivity contribution in [2.75, 3.05) is 50.2 Å². The number of imide groups is 2. The highest BCUT2D eigenvalue weighted by molar-refractivity contribution is 7.14. The number of amides is 6. The number of carbonyl (C=O) groups is 6. The first kappa shape index (κ1) is 35.0. The molecule has 0 saturated carbocycles. The summed E-state index contributed by atoms with van der Waals surface area (Å²) in [6.07, 6.45) is 1.81. The van der Waals surface area contributed by atoms with Crippen LogP contribution in [0.15, 0.2) is 72.2 Å². The molecule has 6 amide bonds. The second-order valence-corrected chi connectivity index (χ2v) is 12.2. The van der Waals surface area contributed by atoms with E-state index < -0.39 is 29.7 Å². The molecule has 2 aromatic heterocycles. The van der Waals surface area contributed by atoms with E-state index in [4.69, 9.17) is 9.47 Å². The van der Waals surface area contributed by atoms with Gasteiger partial charge in [-0.1, -0.05) is 12.1 Å². The van der Waals surface area contributed by atoms with Crippen molar-refractivity contribution >= 4 is 57.6 Å². The lowest BCUT2D eigenvalue weighted by atomic mass is 10.0. The van der Waals surface area contributed by atoms with Crippen molar-refractivity contribution in [1.29, 1.82) is 0 Å². The minimum atomic E-state index is -1.03. The maximum atomic E-state index is 13.2. The Hall–Kier alpha value is -5.84. The number of thiazole rings is 1. The van der Waals surface area contributed by atoms with E-state index in [-0.39, 0.29) is 68.8 Å². The lowest BCUT2D eigenvalue weighted by Crippen LogP contribution is -2.54. The van der Waals surface area contributed by atoms with Gasteiger partial charge in [-0.3, -0.25) is 49.3 Å². The van der Waals surface area contributed by atoms with E-state index in [9.17, 15) is 28.8 Å². The van der Waals surface area contributed by atoms with Crippen LogP contribution in [0.3, 0.4) is 0 Å². The third kappa shape index (κ3) is 8.31. The molecule has 2 aliphatic heterocycles. The Morgan fingerprint density at radius 1 is 0.843 bits per heavy atom. The monoisotopic (exact) mass is 711 g/mol. The number of anilines is 2. The number of carbonyl (C=O) groups excluding carboxylic acids is 6. The number of nitrogens with one attached hydrogen (secondary N) is 4. The number of piperidine rings is 1. The smallest absolute Gasteiger partial charge is 0.264 e. The largest absolute Gasteiger partial charge is 0.382 e. The lowest BCUT2D eigenvalue weighted by Gasteiger charge is -2.27. The first-order valence-electron chi connectivity index (χ1n) is 16.1. The quantitative estimate of drug-likeness (QED) is 0.105. The molecule has 0 bridgehead atoms. The Morgan fingerprint density at radius 2 is 1.59 bits per heavy atom. The summed E-state index contributed by atoms with van der Waals surface area (Å²) in [5.41, 5.74) is 2.98. The van der Waals surface area contributed by atoms with E-state index in [0.29, 0.717) is 39.9 Å². The van der Waals surface area contributed by atoms with Crippen molar-refractivity contribution in [2.45, 2.75) is 18.9 Å². The zero-order chi connectivity index (χ0) is 35.7. The number of ether oxygens (including phenoxy) is 2. The number of fused-ring (bicyclic) bond motifs is 1. The Balaban J connectivity index is 0.850. The van der Waals surface area contributed by atoms with E-state index in [1.54, 1.807) is 42.6 Å². The number of hydrogen-bond donors (Lipinski definition) is 4. The topological polar surface area (TPSA) is 198 Å². The summed E-state index contributed by atoms with van der Waals surface area (Å²) < 4.78 is 11.1. The molecule has 1 atom stereocenters. The molecule has 15 nitrogen and oxygen atoms in total. The third-order valence-electron chi connectivity index (χ3n) is 8.00. The lowest BCUT2D eigenvalue weighted by molar-refractivity contribution is -0.136. The normalized spacial score (nSPS) is 15.4. The predicted octanol–water partition coefficient (Wildman–Crippen LogP) is 2.73. The van der Waals surface area contributed by atoms with E-state index in [0.717, 1.165) is 4.90 Å². The molecule has 0 radical (unpaired) electrons. The van der Waals surface area contributed by atoms with E-state index in [1.807, 2.05) is 23.6 Å². The fourth-order valence-corrected chi connectivity index (χ4v) is 6.19. The van der Waals surface area contributed by atoms with Gasteiger partial charge in [0.1, 0.15) is 11.7 Å². The van der Waals surface area contributed by atoms with Crippen LogP contribution in [0.25, 0.3) is 11.4 Å². The number of pyridine rings is 1. The van der Waals surface area contributed by atoms with Crippen molar-refractivity contribution in [3.8, 4) is 11.4 Å². The highest BCUT2D eigenvalue weighted by Gasteiger charge is 2.45. The van der Waals surface area contributed by atoms with Crippen LogP contribution in [0.4, 0.5) is 10.8 Å². The van der Waals surface area contributed by atoms with Crippen LogP contribution in [-0.4, -0.2) is 95.9 Å². The zero-order valence-corrected chi connectivity index (χ0v) is 28.0. The summed E-state index contributed by atoms with van der Waals surface area (Å²) in [5, 5.41) is 13.1. The minimum absolute atomic E-state index is 0.0487. The fraction of sp³-hybridized carbons (Fsp3) is 0.257. The van der Waals surface area contributed by atoms with Crippen LogP contribution in [0.2, 0.25) is 0 Å². The van der Waals surface area contributed by atoms with Gasteiger partial charge in [-0.2, -0.15) is 0 Å². The van der Waals surface area contributed by atoms with Gasteiger partial charge >= 0.3 is 0 Å². The molecule has 2 aromatic carbocycles. The molecule has 1 saturated heterocycles.